The van der Waals surface area contributed by atoms with E-state index in [-0.39, 0.29) is 11.7 Å². The number of pyridine rings is 1. The van der Waals surface area contributed by atoms with Gasteiger partial charge in [0, 0.05) is 43.7 Å². The molecular weight excluding hydrogens is 546 g/mol. The molecule has 0 bridgehead atoms. The Hall–Kier alpha value is -2.75. The fraction of sp³-hybridized carbons (Fsp3) is 0.522. The smallest absolute Gasteiger partial charge is 0.475 e. The molecule has 2 saturated heterocycles. The molecule has 2 N–H and O–H groups in total. The lowest BCUT2D eigenvalue weighted by Gasteiger charge is -2.53. The Balaban J connectivity index is 0.000000301. The second-order valence-electron chi connectivity index (χ2n) is 8.56. The molecule has 212 valence electrons. The Morgan fingerprint density at radius 2 is 1.74 bits per heavy atom. The van der Waals surface area contributed by atoms with Crippen LogP contribution in [0.2, 0.25) is 0 Å². The number of ether oxygens (including phenoxy) is 2. The predicted octanol–water partition coefficient (Wildman–Crippen LogP) is 4.67. The van der Waals surface area contributed by atoms with Gasteiger partial charge in [0.25, 0.3) is 0 Å². The van der Waals surface area contributed by atoms with E-state index in [1.54, 1.807) is 0 Å². The summed E-state index contributed by atoms with van der Waals surface area (Å²) in [7, 11) is 0. The van der Waals surface area contributed by atoms with E-state index >= 15 is 0 Å². The maximum Gasteiger partial charge on any atom is 0.490 e. The molecule has 2 aliphatic rings. The molecule has 0 aliphatic carbocycles. The van der Waals surface area contributed by atoms with Crippen molar-refractivity contribution in [3.05, 3.63) is 52.0 Å². The van der Waals surface area contributed by atoms with E-state index in [4.69, 9.17) is 29.3 Å². The van der Waals surface area contributed by atoms with Gasteiger partial charge in [-0.05, 0) is 42.5 Å². The summed E-state index contributed by atoms with van der Waals surface area (Å²) in [6.45, 7) is 6.69. The molecule has 2 aromatic heterocycles. The minimum Gasteiger partial charge on any atom is -0.475 e. The van der Waals surface area contributed by atoms with Gasteiger partial charge in [0.05, 0.1) is 24.0 Å². The molecule has 2 fully saturated rings. The van der Waals surface area contributed by atoms with Crippen LogP contribution < -0.4 is 0 Å². The number of nitrogens with zero attached hydrogens (tertiary/aromatic N) is 2. The first kappa shape index (κ1) is 31.5. The molecule has 8 nitrogen and oxygen atoms in total. The lowest BCUT2D eigenvalue weighted by Crippen LogP contribution is -2.65. The number of rotatable bonds is 5. The Morgan fingerprint density at radius 1 is 1.13 bits per heavy atom. The maximum absolute atomic E-state index is 10.6. The van der Waals surface area contributed by atoms with Gasteiger partial charge in [-0.1, -0.05) is 6.07 Å². The number of aliphatic carboxylic acids is 2. The molecule has 0 saturated carbocycles. The zero-order valence-electron chi connectivity index (χ0n) is 20.1. The molecule has 2 aromatic rings. The molecule has 2 aliphatic heterocycles. The SMILES string of the molecule is Cc1ccsc1CN1CC2(CC(OCc3ccccn3)CCO2)C1.O=C(O)C(F)(F)F.O=C(O)C(F)(F)F. The molecule has 1 atom stereocenters. The number of halogens is 6. The highest BCUT2D eigenvalue weighted by Crippen LogP contribution is 2.37. The van der Waals surface area contributed by atoms with E-state index in [0.717, 1.165) is 44.8 Å². The molecule has 4 rings (SSSR count). The van der Waals surface area contributed by atoms with Crippen LogP contribution in [0.25, 0.3) is 0 Å². The molecule has 38 heavy (non-hydrogen) atoms. The molecule has 0 amide bonds. The summed E-state index contributed by atoms with van der Waals surface area (Å²) in [5.41, 5.74) is 2.42. The summed E-state index contributed by atoms with van der Waals surface area (Å²) >= 11 is 1.85. The van der Waals surface area contributed by atoms with Crippen molar-refractivity contribution in [3.63, 3.8) is 0 Å². The van der Waals surface area contributed by atoms with Gasteiger partial charge >= 0.3 is 24.3 Å². The zero-order valence-corrected chi connectivity index (χ0v) is 20.9. The highest BCUT2D eigenvalue weighted by atomic mass is 32.1. The van der Waals surface area contributed by atoms with Crippen LogP contribution in [0.5, 0.6) is 0 Å². The third-order valence-corrected chi connectivity index (χ3v) is 6.49. The second-order valence-corrected chi connectivity index (χ2v) is 9.56. The van der Waals surface area contributed by atoms with Crippen LogP contribution in [0, 0.1) is 6.92 Å². The lowest BCUT2D eigenvalue weighted by molar-refractivity contribution is -0.200. The Bertz CT molecular complexity index is 1020. The molecule has 4 heterocycles. The van der Waals surface area contributed by atoms with Crippen molar-refractivity contribution in [1.29, 1.82) is 0 Å². The van der Waals surface area contributed by atoms with Crippen molar-refractivity contribution < 1.29 is 55.6 Å². The summed E-state index contributed by atoms with van der Waals surface area (Å²) in [5, 5.41) is 16.4. The maximum atomic E-state index is 10.6. The number of likely N-dealkylation sites (tertiary alicyclic amines) is 1. The minimum atomic E-state index is -5.08. The number of carboxylic acid groups (broad SMARTS) is 2. The van der Waals surface area contributed by atoms with Crippen LogP contribution in [-0.4, -0.2) is 75.8 Å². The van der Waals surface area contributed by atoms with Crippen LogP contribution in [0.1, 0.15) is 29.0 Å². The van der Waals surface area contributed by atoms with Crippen molar-refractivity contribution in [1.82, 2.24) is 9.88 Å². The third kappa shape index (κ3) is 10.2. The van der Waals surface area contributed by atoms with Crippen LogP contribution in [0.3, 0.4) is 0 Å². The normalized spacial score (nSPS) is 18.9. The summed E-state index contributed by atoms with van der Waals surface area (Å²) in [6, 6.07) is 8.16. The highest BCUT2D eigenvalue weighted by molar-refractivity contribution is 7.10. The molecule has 0 radical (unpaired) electrons. The summed E-state index contributed by atoms with van der Waals surface area (Å²) in [6.07, 6.45) is -6.08. The largest absolute Gasteiger partial charge is 0.490 e. The van der Waals surface area contributed by atoms with Gasteiger partial charge in [-0.15, -0.1) is 11.3 Å². The number of thiophene rings is 1. The Morgan fingerprint density at radius 3 is 2.21 bits per heavy atom. The van der Waals surface area contributed by atoms with Gasteiger partial charge in [-0.2, -0.15) is 26.3 Å². The standard InChI is InChI=1S/C19H24N2O2S.2C2HF3O2/c1-15-6-9-24-18(15)11-21-13-19(14-21)10-17(5-8-23-19)22-12-16-4-2-3-7-20-16;2*3-2(4,5)1(6)7/h2-4,6-7,9,17H,5,8,10-14H2,1H3;2*(H,6,7). The van der Waals surface area contributed by atoms with E-state index in [1.165, 1.54) is 10.4 Å². The summed E-state index contributed by atoms with van der Waals surface area (Å²) in [4.78, 5) is 26.1. The van der Waals surface area contributed by atoms with Gasteiger partial charge in [0.2, 0.25) is 0 Å². The average molecular weight is 573 g/mol. The van der Waals surface area contributed by atoms with Crippen LogP contribution >= 0.6 is 11.3 Å². The number of carboxylic acids is 2. The molecule has 1 spiro atoms. The van der Waals surface area contributed by atoms with Crippen molar-refractivity contribution in [3.8, 4) is 0 Å². The monoisotopic (exact) mass is 572 g/mol. The number of hydrogen-bond donors (Lipinski definition) is 2. The Labute approximate surface area is 217 Å². The number of hydrogen-bond acceptors (Lipinski definition) is 7. The van der Waals surface area contributed by atoms with Crippen molar-refractivity contribution in [2.45, 2.75) is 57.0 Å². The van der Waals surface area contributed by atoms with Crippen LogP contribution in [0.4, 0.5) is 26.3 Å². The summed E-state index contributed by atoms with van der Waals surface area (Å²) in [5.74, 6) is -5.51. The lowest BCUT2D eigenvalue weighted by atomic mass is 9.84. The van der Waals surface area contributed by atoms with E-state index < -0.39 is 24.3 Å². The average Bonchev–Trinajstić information content (AvgIpc) is 3.21. The first-order valence-corrected chi connectivity index (χ1v) is 12.0. The second kappa shape index (κ2) is 13.4. The minimum absolute atomic E-state index is 0.0121. The number of carbonyl (C=O) groups is 2. The van der Waals surface area contributed by atoms with Crippen molar-refractivity contribution in [2.75, 3.05) is 19.7 Å². The predicted molar refractivity (Wildman–Crippen MR) is 122 cm³/mol. The van der Waals surface area contributed by atoms with Gasteiger partial charge in [0.15, 0.2) is 0 Å². The van der Waals surface area contributed by atoms with Gasteiger partial charge in [0.1, 0.15) is 0 Å². The third-order valence-electron chi connectivity index (χ3n) is 5.48. The fourth-order valence-electron chi connectivity index (χ4n) is 3.68. The molecule has 0 aromatic carbocycles. The number of aryl methyl sites for hydroxylation is 1. The van der Waals surface area contributed by atoms with Gasteiger partial charge < -0.3 is 19.7 Å². The van der Waals surface area contributed by atoms with Crippen molar-refractivity contribution in [2.24, 2.45) is 0 Å². The Kier molecular flexibility index (Phi) is 11.1. The van der Waals surface area contributed by atoms with E-state index in [1.807, 2.05) is 35.7 Å². The zero-order chi connectivity index (χ0) is 28.6. The number of alkyl halides is 6. The van der Waals surface area contributed by atoms with Crippen LogP contribution in [0.15, 0.2) is 35.8 Å². The molecular formula is C23H26F6N2O6S. The van der Waals surface area contributed by atoms with Crippen LogP contribution in [-0.2, 0) is 32.2 Å². The van der Waals surface area contributed by atoms with Crippen molar-refractivity contribution >= 4 is 23.3 Å². The van der Waals surface area contributed by atoms with E-state index in [2.05, 4.69) is 28.3 Å². The number of aromatic nitrogens is 1. The van der Waals surface area contributed by atoms with E-state index in [9.17, 15) is 26.3 Å². The van der Waals surface area contributed by atoms with E-state index in [0.29, 0.717) is 6.61 Å². The first-order chi connectivity index (χ1) is 17.6. The van der Waals surface area contributed by atoms with Gasteiger partial charge in [-0.3, -0.25) is 9.88 Å². The molecule has 1 unspecified atom stereocenters. The van der Waals surface area contributed by atoms with Gasteiger partial charge in [-0.25, -0.2) is 9.59 Å². The fourth-order valence-corrected chi connectivity index (χ4v) is 4.63. The quantitative estimate of drug-likeness (QED) is 0.498. The summed E-state index contributed by atoms with van der Waals surface area (Å²) < 4.78 is 75.7. The molecule has 15 heteroatoms. The highest BCUT2D eigenvalue weighted by Gasteiger charge is 2.47. The topological polar surface area (TPSA) is 109 Å². The first-order valence-electron chi connectivity index (χ1n) is 11.1.